The van der Waals surface area contributed by atoms with E-state index in [2.05, 4.69) is 15.0 Å². The Balaban J connectivity index is 1.60. The van der Waals surface area contributed by atoms with Crippen LogP contribution in [0.25, 0.3) is 0 Å². The molecule has 32 heavy (non-hydrogen) atoms. The molecule has 0 saturated carbocycles. The van der Waals surface area contributed by atoms with Gasteiger partial charge in [-0.25, -0.2) is 13.4 Å². The Bertz CT molecular complexity index is 1130. The smallest absolute Gasteiger partial charge is 0.261 e. The number of hydrogen-bond donors (Lipinski definition) is 2. The molecule has 1 heterocycles. The van der Waals surface area contributed by atoms with Gasteiger partial charge in [0.05, 0.1) is 24.2 Å². The second-order valence-corrected chi connectivity index (χ2v) is 9.32. The van der Waals surface area contributed by atoms with Crippen LogP contribution in [0.2, 0.25) is 0 Å². The van der Waals surface area contributed by atoms with Crippen LogP contribution >= 0.6 is 11.8 Å². The second-order valence-electron chi connectivity index (χ2n) is 6.54. The van der Waals surface area contributed by atoms with Crippen molar-refractivity contribution in [2.45, 2.75) is 14.8 Å². The molecule has 8 nitrogen and oxygen atoms in total. The number of methoxy groups -OCH3 is 2. The van der Waals surface area contributed by atoms with E-state index in [1.54, 1.807) is 55.6 Å². The van der Waals surface area contributed by atoms with Gasteiger partial charge < -0.3 is 14.8 Å². The van der Waals surface area contributed by atoms with Crippen LogP contribution in [0, 0.1) is 0 Å². The monoisotopic (exact) mass is 473 g/mol. The Kier molecular flexibility index (Phi) is 8.09. The SMILES string of the molecule is COCCNC(=O)c1ccc(Sc2ccc(NS(=O)(=O)c3ccc(OC)cc3)cc2)nc1. The predicted molar refractivity (Wildman–Crippen MR) is 123 cm³/mol. The van der Waals surface area contributed by atoms with Crippen molar-refractivity contribution in [2.75, 3.05) is 32.1 Å². The summed E-state index contributed by atoms with van der Waals surface area (Å²) in [5.74, 6) is 0.373. The van der Waals surface area contributed by atoms with Crippen molar-refractivity contribution in [2.24, 2.45) is 0 Å². The Morgan fingerprint density at radius 3 is 2.31 bits per heavy atom. The number of sulfonamides is 1. The molecule has 168 valence electrons. The van der Waals surface area contributed by atoms with Crippen molar-refractivity contribution in [3.05, 3.63) is 72.4 Å². The quantitative estimate of drug-likeness (QED) is 0.435. The summed E-state index contributed by atoms with van der Waals surface area (Å²) in [6.07, 6.45) is 1.52. The topological polar surface area (TPSA) is 107 Å². The standard InChI is InChI=1S/C22H23N3O5S2/c1-29-14-13-23-22(26)16-3-12-21(24-15-16)31-19-8-4-17(5-9-19)25-32(27,28)20-10-6-18(30-2)7-11-20/h3-12,15,25H,13-14H2,1-2H3,(H,23,26). The number of nitrogens with one attached hydrogen (secondary N) is 2. The highest BCUT2D eigenvalue weighted by molar-refractivity contribution is 7.99. The first kappa shape index (κ1) is 23.6. The Hall–Kier alpha value is -3.08. The average Bonchev–Trinajstić information content (AvgIpc) is 2.81. The van der Waals surface area contributed by atoms with Crippen molar-refractivity contribution in [3.63, 3.8) is 0 Å². The maximum Gasteiger partial charge on any atom is 0.261 e. The van der Waals surface area contributed by atoms with E-state index in [0.29, 0.717) is 35.2 Å². The number of hydrogen-bond acceptors (Lipinski definition) is 7. The summed E-state index contributed by atoms with van der Waals surface area (Å²) in [5, 5.41) is 3.45. The molecule has 0 radical (unpaired) electrons. The van der Waals surface area contributed by atoms with Crippen molar-refractivity contribution in [1.82, 2.24) is 10.3 Å². The van der Waals surface area contributed by atoms with E-state index in [-0.39, 0.29) is 10.8 Å². The predicted octanol–water partition coefficient (Wildman–Crippen LogP) is 3.42. The number of carbonyl (C=O) groups is 1. The fourth-order valence-electron chi connectivity index (χ4n) is 2.62. The lowest BCUT2D eigenvalue weighted by Gasteiger charge is -2.09. The van der Waals surface area contributed by atoms with Gasteiger partial charge in [0.25, 0.3) is 15.9 Å². The first-order chi connectivity index (χ1) is 15.4. The van der Waals surface area contributed by atoms with E-state index in [1.165, 1.54) is 37.2 Å². The third-order valence-corrected chi connectivity index (χ3v) is 6.64. The Morgan fingerprint density at radius 2 is 1.72 bits per heavy atom. The summed E-state index contributed by atoms with van der Waals surface area (Å²) in [7, 11) is -0.610. The zero-order valence-electron chi connectivity index (χ0n) is 17.6. The molecule has 10 heteroatoms. The van der Waals surface area contributed by atoms with Gasteiger partial charge in [-0.15, -0.1) is 0 Å². The van der Waals surface area contributed by atoms with Gasteiger partial charge in [-0.05, 0) is 60.7 Å². The van der Waals surface area contributed by atoms with Gasteiger partial charge in [-0.1, -0.05) is 11.8 Å². The average molecular weight is 474 g/mol. The minimum absolute atomic E-state index is 0.146. The lowest BCUT2D eigenvalue weighted by atomic mass is 10.3. The van der Waals surface area contributed by atoms with Crippen LogP contribution in [-0.4, -0.2) is 46.7 Å². The molecule has 2 aromatic carbocycles. The molecule has 1 aromatic heterocycles. The molecule has 0 bridgehead atoms. The summed E-state index contributed by atoms with van der Waals surface area (Å²) in [6.45, 7) is 0.875. The van der Waals surface area contributed by atoms with Crippen LogP contribution < -0.4 is 14.8 Å². The van der Waals surface area contributed by atoms with E-state index in [4.69, 9.17) is 9.47 Å². The van der Waals surface area contributed by atoms with E-state index < -0.39 is 10.0 Å². The van der Waals surface area contributed by atoms with Crippen molar-refractivity contribution in [1.29, 1.82) is 0 Å². The summed E-state index contributed by atoms with van der Waals surface area (Å²) in [5.41, 5.74) is 0.912. The van der Waals surface area contributed by atoms with Crippen molar-refractivity contribution < 1.29 is 22.7 Å². The molecule has 0 unspecified atom stereocenters. The fourth-order valence-corrected chi connectivity index (χ4v) is 4.44. The van der Waals surface area contributed by atoms with Gasteiger partial charge >= 0.3 is 0 Å². The number of carbonyl (C=O) groups excluding carboxylic acids is 1. The minimum Gasteiger partial charge on any atom is -0.497 e. The van der Waals surface area contributed by atoms with Crippen LogP contribution in [0.15, 0.2) is 81.7 Å². The van der Waals surface area contributed by atoms with Crippen LogP contribution in [0.5, 0.6) is 5.75 Å². The number of nitrogens with zero attached hydrogens (tertiary/aromatic N) is 1. The first-order valence-corrected chi connectivity index (χ1v) is 11.9. The van der Waals surface area contributed by atoms with E-state index in [0.717, 1.165) is 4.90 Å². The molecule has 0 fully saturated rings. The lowest BCUT2D eigenvalue weighted by Crippen LogP contribution is -2.26. The Labute approximate surface area is 191 Å². The number of aromatic nitrogens is 1. The highest BCUT2D eigenvalue weighted by atomic mass is 32.2. The maximum atomic E-state index is 12.5. The molecule has 0 spiro atoms. The molecule has 1 amide bonds. The molecular weight excluding hydrogens is 450 g/mol. The molecule has 0 aliphatic carbocycles. The number of pyridine rings is 1. The summed E-state index contributed by atoms with van der Waals surface area (Å²) >= 11 is 1.40. The number of amides is 1. The van der Waals surface area contributed by atoms with E-state index >= 15 is 0 Å². The fraction of sp³-hybridized carbons (Fsp3) is 0.182. The van der Waals surface area contributed by atoms with Gasteiger partial charge in [0, 0.05) is 30.4 Å². The van der Waals surface area contributed by atoms with Gasteiger partial charge in [-0.2, -0.15) is 0 Å². The van der Waals surface area contributed by atoms with Crippen LogP contribution in [0.1, 0.15) is 10.4 Å². The van der Waals surface area contributed by atoms with Crippen molar-refractivity contribution >= 4 is 33.4 Å². The van der Waals surface area contributed by atoms with Crippen molar-refractivity contribution in [3.8, 4) is 5.75 Å². The summed E-state index contributed by atoms with van der Waals surface area (Å²) in [4.78, 5) is 17.3. The highest BCUT2D eigenvalue weighted by Crippen LogP contribution is 2.28. The Morgan fingerprint density at radius 1 is 1.00 bits per heavy atom. The normalized spacial score (nSPS) is 11.1. The molecule has 0 saturated heterocycles. The van der Waals surface area contributed by atoms with E-state index in [1.807, 2.05) is 0 Å². The molecule has 2 N–H and O–H groups in total. The maximum absolute atomic E-state index is 12.5. The number of rotatable bonds is 10. The van der Waals surface area contributed by atoms with Gasteiger partial charge in [0.2, 0.25) is 0 Å². The van der Waals surface area contributed by atoms with Gasteiger partial charge in [-0.3, -0.25) is 9.52 Å². The molecular formula is C22H23N3O5S2. The van der Waals surface area contributed by atoms with Crippen LogP contribution in [-0.2, 0) is 14.8 Å². The molecule has 0 atom stereocenters. The molecule has 0 aliphatic rings. The van der Waals surface area contributed by atoms with Crippen LogP contribution in [0.3, 0.4) is 0 Å². The molecule has 3 aromatic rings. The third-order valence-electron chi connectivity index (χ3n) is 4.29. The summed E-state index contributed by atoms with van der Waals surface area (Å²) in [6, 6.07) is 16.6. The second kappa shape index (κ2) is 11.0. The lowest BCUT2D eigenvalue weighted by molar-refractivity contribution is 0.0936. The summed E-state index contributed by atoms with van der Waals surface area (Å²) < 4.78 is 37.6. The zero-order valence-corrected chi connectivity index (χ0v) is 19.2. The van der Waals surface area contributed by atoms with Crippen LogP contribution in [0.4, 0.5) is 5.69 Å². The molecule has 0 aliphatic heterocycles. The number of ether oxygens (including phenoxy) is 2. The zero-order chi connectivity index (χ0) is 23.0. The highest BCUT2D eigenvalue weighted by Gasteiger charge is 2.14. The number of anilines is 1. The number of benzene rings is 2. The molecule has 3 rings (SSSR count). The van der Waals surface area contributed by atoms with E-state index in [9.17, 15) is 13.2 Å². The third kappa shape index (κ3) is 6.46. The minimum atomic E-state index is -3.70. The first-order valence-electron chi connectivity index (χ1n) is 9.59. The largest absolute Gasteiger partial charge is 0.497 e. The van der Waals surface area contributed by atoms with Gasteiger partial charge in [0.15, 0.2) is 0 Å². The van der Waals surface area contributed by atoms with Gasteiger partial charge in [0.1, 0.15) is 10.8 Å².